The van der Waals surface area contributed by atoms with Crippen molar-refractivity contribution in [1.82, 2.24) is 5.32 Å². The van der Waals surface area contributed by atoms with E-state index in [0.717, 1.165) is 12.8 Å². The molecule has 1 amide bonds. The van der Waals surface area contributed by atoms with Gasteiger partial charge in [-0.05, 0) is 37.5 Å². The minimum atomic E-state index is -0.418. The van der Waals surface area contributed by atoms with Gasteiger partial charge in [-0.15, -0.1) is 0 Å². The van der Waals surface area contributed by atoms with E-state index in [1.165, 1.54) is 18.2 Å². The van der Waals surface area contributed by atoms with Crippen LogP contribution in [0.4, 0.5) is 0 Å². The number of hydrogen-bond acceptors (Lipinski definition) is 4. The van der Waals surface area contributed by atoms with E-state index >= 15 is 0 Å². The van der Waals surface area contributed by atoms with Crippen LogP contribution in [0, 0.1) is 0 Å². The van der Waals surface area contributed by atoms with Crippen LogP contribution < -0.4 is 11.1 Å². The van der Waals surface area contributed by atoms with Crippen LogP contribution in [0.15, 0.2) is 18.2 Å². The monoisotopic (exact) mass is 268 g/mol. The van der Waals surface area contributed by atoms with Crippen LogP contribution in [-0.4, -0.2) is 27.7 Å². The zero-order chi connectivity index (χ0) is 13.5. The Balaban J connectivity index is 2.41. The summed E-state index contributed by atoms with van der Waals surface area (Å²) >= 11 is 4.73. The largest absolute Gasteiger partial charge is 0.508 e. The molecule has 0 aliphatic carbocycles. The molecule has 5 nitrogen and oxygen atoms in total. The van der Waals surface area contributed by atoms with Gasteiger partial charge in [0.2, 0.25) is 0 Å². The molecule has 0 saturated carbocycles. The maximum atomic E-state index is 11.7. The fourth-order valence-corrected chi connectivity index (χ4v) is 1.57. The van der Waals surface area contributed by atoms with Gasteiger partial charge in [-0.2, -0.15) is 0 Å². The Hall–Kier alpha value is -1.82. The van der Waals surface area contributed by atoms with Crippen molar-refractivity contribution in [3.63, 3.8) is 0 Å². The SMILES string of the molecule is NC(=S)CCCCNC(=O)c1cc(O)ccc1O. The Morgan fingerprint density at radius 1 is 1.33 bits per heavy atom. The number of carbonyl (C=O) groups is 1. The minimum Gasteiger partial charge on any atom is -0.508 e. The molecular formula is C12H16N2O3S. The molecule has 0 unspecified atom stereocenters. The van der Waals surface area contributed by atoms with Crippen LogP contribution in [0.5, 0.6) is 11.5 Å². The number of phenolic OH excluding ortho intramolecular Hbond substituents is 2. The first-order chi connectivity index (χ1) is 8.50. The van der Waals surface area contributed by atoms with Gasteiger partial charge in [0.15, 0.2) is 0 Å². The number of benzene rings is 1. The molecule has 6 heteroatoms. The van der Waals surface area contributed by atoms with Crippen molar-refractivity contribution in [2.24, 2.45) is 5.73 Å². The third kappa shape index (κ3) is 4.58. The lowest BCUT2D eigenvalue weighted by Crippen LogP contribution is -2.24. The highest BCUT2D eigenvalue weighted by molar-refractivity contribution is 7.80. The highest BCUT2D eigenvalue weighted by Gasteiger charge is 2.11. The molecule has 1 aromatic rings. The maximum Gasteiger partial charge on any atom is 0.255 e. The summed E-state index contributed by atoms with van der Waals surface area (Å²) in [6.07, 6.45) is 2.22. The molecular weight excluding hydrogens is 252 g/mol. The van der Waals surface area contributed by atoms with Crippen molar-refractivity contribution in [1.29, 1.82) is 0 Å². The first-order valence-electron chi connectivity index (χ1n) is 5.59. The molecule has 0 fully saturated rings. The number of thiocarbonyl (C=S) groups is 1. The van der Waals surface area contributed by atoms with Gasteiger partial charge < -0.3 is 21.3 Å². The lowest BCUT2D eigenvalue weighted by Gasteiger charge is -2.07. The summed E-state index contributed by atoms with van der Waals surface area (Å²) < 4.78 is 0. The van der Waals surface area contributed by atoms with E-state index in [1.807, 2.05) is 0 Å². The van der Waals surface area contributed by atoms with Crippen LogP contribution in [0.3, 0.4) is 0 Å². The second-order valence-electron chi connectivity index (χ2n) is 3.88. The normalized spacial score (nSPS) is 10.0. The number of nitrogens with two attached hydrogens (primary N) is 1. The van der Waals surface area contributed by atoms with E-state index in [1.54, 1.807) is 0 Å². The fraction of sp³-hybridized carbons (Fsp3) is 0.333. The van der Waals surface area contributed by atoms with Crippen LogP contribution in [0.25, 0.3) is 0 Å². The Kier molecular flexibility index (Phi) is 5.38. The quantitative estimate of drug-likeness (QED) is 0.354. The van der Waals surface area contributed by atoms with Gasteiger partial charge in [-0.3, -0.25) is 4.79 Å². The highest BCUT2D eigenvalue weighted by atomic mass is 32.1. The molecule has 1 aromatic carbocycles. The van der Waals surface area contributed by atoms with Crippen molar-refractivity contribution in [2.75, 3.05) is 6.54 Å². The van der Waals surface area contributed by atoms with Gasteiger partial charge in [0, 0.05) is 6.54 Å². The number of aromatic hydroxyl groups is 2. The molecule has 0 heterocycles. The van der Waals surface area contributed by atoms with E-state index in [9.17, 15) is 15.0 Å². The van der Waals surface area contributed by atoms with Crippen LogP contribution >= 0.6 is 12.2 Å². The summed E-state index contributed by atoms with van der Waals surface area (Å²) in [5.74, 6) is -0.640. The van der Waals surface area contributed by atoms with Gasteiger partial charge in [0.05, 0.1) is 10.6 Å². The maximum absolute atomic E-state index is 11.7. The lowest BCUT2D eigenvalue weighted by molar-refractivity contribution is 0.0950. The number of rotatable bonds is 6. The Labute approximate surface area is 111 Å². The molecule has 0 aromatic heterocycles. The van der Waals surface area contributed by atoms with E-state index in [0.29, 0.717) is 18.0 Å². The second-order valence-corrected chi connectivity index (χ2v) is 4.41. The van der Waals surface area contributed by atoms with Gasteiger partial charge in [-0.1, -0.05) is 12.2 Å². The number of carbonyl (C=O) groups excluding carboxylic acids is 1. The van der Waals surface area contributed by atoms with Gasteiger partial charge in [0.1, 0.15) is 11.5 Å². The summed E-state index contributed by atoms with van der Waals surface area (Å²) in [4.78, 5) is 12.1. The summed E-state index contributed by atoms with van der Waals surface area (Å²) in [5.41, 5.74) is 5.40. The van der Waals surface area contributed by atoms with Gasteiger partial charge in [-0.25, -0.2) is 0 Å². The standard InChI is InChI=1S/C12H16N2O3S/c13-11(18)3-1-2-6-14-12(17)9-7-8(15)4-5-10(9)16/h4-5,7,15-16H,1-3,6H2,(H2,13,18)(H,14,17). The molecule has 5 N–H and O–H groups in total. The Morgan fingerprint density at radius 3 is 2.72 bits per heavy atom. The number of phenols is 2. The molecule has 0 aliphatic rings. The summed E-state index contributed by atoms with van der Waals surface area (Å²) in [5, 5.41) is 21.4. The molecule has 0 saturated heterocycles. The fourth-order valence-electron chi connectivity index (χ4n) is 1.43. The molecule has 1 rings (SSSR count). The summed E-state index contributed by atoms with van der Waals surface area (Å²) in [6.45, 7) is 0.469. The Bertz CT molecular complexity index is 449. The number of hydrogen-bond donors (Lipinski definition) is 4. The minimum absolute atomic E-state index is 0.0596. The van der Waals surface area contributed by atoms with Crippen molar-refractivity contribution < 1.29 is 15.0 Å². The Morgan fingerprint density at radius 2 is 2.06 bits per heavy atom. The van der Waals surface area contributed by atoms with Crippen molar-refractivity contribution in [2.45, 2.75) is 19.3 Å². The first-order valence-corrected chi connectivity index (χ1v) is 6.00. The van der Waals surface area contributed by atoms with Gasteiger partial charge >= 0.3 is 0 Å². The predicted molar refractivity (Wildman–Crippen MR) is 72.7 cm³/mol. The summed E-state index contributed by atoms with van der Waals surface area (Å²) in [7, 11) is 0. The lowest BCUT2D eigenvalue weighted by atomic mass is 10.1. The van der Waals surface area contributed by atoms with E-state index < -0.39 is 5.91 Å². The molecule has 18 heavy (non-hydrogen) atoms. The van der Waals surface area contributed by atoms with Crippen molar-refractivity contribution >= 4 is 23.1 Å². The predicted octanol–water partition coefficient (Wildman–Crippen LogP) is 1.28. The number of unbranched alkanes of at least 4 members (excludes halogenated alkanes) is 1. The van der Waals surface area contributed by atoms with Crippen molar-refractivity contribution in [3.8, 4) is 11.5 Å². The van der Waals surface area contributed by atoms with E-state index in [2.05, 4.69) is 5.32 Å². The third-order valence-corrected chi connectivity index (χ3v) is 2.56. The average Bonchev–Trinajstić information content (AvgIpc) is 2.31. The van der Waals surface area contributed by atoms with Gasteiger partial charge in [0.25, 0.3) is 5.91 Å². The smallest absolute Gasteiger partial charge is 0.255 e. The number of nitrogens with one attached hydrogen (secondary N) is 1. The zero-order valence-corrected chi connectivity index (χ0v) is 10.7. The first kappa shape index (κ1) is 14.2. The zero-order valence-electron chi connectivity index (χ0n) is 9.85. The van der Waals surface area contributed by atoms with Crippen molar-refractivity contribution in [3.05, 3.63) is 23.8 Å². The molecule has 0 radical (unpaired) electrons. The number of amides is 1. The topological polar surface area (TPSA) is 95.6 Å². The molecule has 0 spiro atoms. The average molecular weight is 268 g/mol. The van der Waals surface area contributed by atoms with Crippen LogP contribution in [-0.2, 0) is 0 Å². The highest BCUT2D eigenvalue weighted by Crippen LogP contribution is 2.21. The summed E-state index contributed by atoms with van der Waals surface area (Å²) in [6, 6.07) is 3.81. The molecule has 0 atom stereocenters. The van der Waals surface area contributed by atoms with Crippen LogP contribution in [0.2, 0.25) is 0 Å². The second kappa shape index (κ2) is 6.80. The molecule has 0 bridgehead atoms. The van der Waals surface area contributed by atoms with E-state index in [4.69, 9.17) is 18.0 Å². The molecule has 98 valence electrons. The third-order valence-electron chi connectivity index (χ3n) is 2.36. The van der Waals surface area contributed by atoms with E-state index in [-0.39, 0.29) is 17.1 Å². The van der Waals surface area contributed by atoms with Crippen LogP contribution in [0.1, 0.15) is 29.6 Å². The molecule has 0 aliphatic heterocycles.